The summed E-state index contributed by atoms with van der Waals surface area (Å²) >= 11 is 5.69. The lowest BCUT2D eigenvalue weighted by atomic mass is 10.3. The van der Waals surface area contributed by atoms with E-state index in [1.807, 2.05) is 30.3 Å². The van der Waals surface area contributed by atoms with Crippen molar-refractivity contribution in [2.45, 2.75) is 6.92 Å². The first-order chi connectivity index (χ1) is 10.7. The Hall–Kier alpha value is -2.53. The minimum atomic E-state index is -0.666. The Morgan fingerprint density at radius 3 is 2.36 bits per heavy atom. The third-order valence-corrected chi connectivity index (χ3v) is 2.80. The Morgan fingerprint density at radius 1 is 1.09 bits per heavy atom. The molecule has 0 bridgehead atoms. The van der Waals surface area contributed by atoms with Gasteiger partial charge in [-0.3, -0.25) is 5.43 Å². The fourth-order valence-electron chi connectivity index (χ4n) is 1.57. The van der Waals surface area contributed by atoms with Crippen LogP contribution in [-0.4, -0.2) is 17.7 Å². The summed E-state index contributed by atoms with van der Waals surface area (Å²) in [6.45, 7) is 1.94. The lowest BCUT2D eigenvalue weighted by molar-refractivity contribution is -0.134. The molecule has 0 fully saturated rings. The molecule has 6 heteroatoms. The van der Waals surface area contributed by atoms with Crippen molar-refractivity contribution in [1.29, 1.82) is 0 Å². The van der Waals surface area contributed by atoms with Crippen molar-refractivity contribution < 1.29 is 14.3 Å². The topological polar surface area (TPSA) is 59.9 Å². The van der Waals surface area contributed by atoms with Crippen LogP contribution in [0.25, 0.3) is 0 Å². The van der Waals surface area contributed by atoms with Crippen LogP contribution in [-0.2, 0) is 9.53 Å². The minimum absolute atomic E-state index is 0.246. The zero-order valence-electron chi connectivity index (χ0n) is 12.0. The standard InChI is InChI=1S/C16H15ClN2O3/c1-2-21-16(20)15(17)19-18-12-8-10-14(11-9-12)22-13-6-4-3-5-7-13/h3-11,18H,2H2,1H3/b19-15-. The van der Waals surface area contributed by atoms with Gasteiger partial charge < -0.3 is 9.47 Å². The number of ether oxygens (including phenoxy) is 2. The van der Waals surface area contributed by atoms with Crippen molar-refractivity contribution in [1.82, 2.24) is 0 Å². The first-order valence-corrected chi connectivity index (χ1v) is 7.06. The van der Waals surface area contributed by atoms with Gasteiger partial charge in [0.05, 0.1) is 12.3 Å². The quantitative estimate of drug-likeness (QED) is 0.497. The summed E-state index contributed by atoms with van der Waals surface area (Å²) in [7, 11) is 0. The summed E-state index contributed by atoms with van der Waals surface area (Å²) in [5.74, 6) is 0.782. The van der Waals surface area contributed by atoms with Crippen LogP contribution in [0.2, 0.25) is 0 Å². The third kappa shape index (κ3) is 4.79. The molecule has 114 valence electrons. The van der Waals surface area contributed by atoms with E-state index >= 15 is 0 Å². The van der Waals surface area contributed by atoms with E-state index in [2.05, 4.69) is 10.5 Å². The molecule has 0 saturated carbocycles. The SMILES string of the molecule is CCOC(=O)/C(Cl)=N/Nc1ccc(Oc2ccccc2)cc1. The Kier molecular flexibility index (Phi) is 5.80. The van der Waals surface area contributed by atoms with E-state index in [9.17, 15) is 4.79 Å². The number of esters is 1. The number of para-hydroxylation sites is 1. The maximum Gasteiger partial charge on any atom is 0.370 e. The molecular formula is C16H15ClN2O3. The highest BCUT2D eigenvalue weighted by atomic mass is 35.5. The third-order valence-electron chi connectivity index (χ3n) is 2.56. The molecule has 0 aliphatic heterocycles. The van der Waals surface area contributed by atoms with Gasteiger partial charge in [-0.2, -0.15) is 5.10 Å². The molecule has 2 aromatic rings. The van der Waals surface area contributed by atoms with Gasteiger partial charge in [0.1, 0.15) is 11.5 Å². The monoisotopic (exact) mass is 318 g/mol. The molecule has 0 aliphatic carbocycles. The van der Waals surface area contributed by atoms with E-state index in [1.54, 1.807) is 31.2 Å². The van der Waals surface area contributed by atoms with Gasteiger partial charge in [0.2, 0.25) is 5.17 Å². The van der Waals surface area contributed by atoms with Crippen molar-refractivity contribution in [3.05, 3.63) is 54.6 Å². The van der Waals surface area contributed by atoms with Crippen molar-refractivity contribution in [3.8, 4) is 11.5 Å². The van der Waals surface area contributed by atoms with E-state index in [0.29, 0.717) is 11.4 Å². The Bertz CT molecular complexity index is 642. The summed E-state index contributed by atoms with van der Waals surface area (Å²) in [4.78, 5) is 11.3. The van der Waals surface area contributed by atoms with Crippen LogP contribution >= 0.6 is 11.6 Å². The van der Waals surface area contributed by atoms with Gasteiger partial charge in [0.15, 0.2) is 0 Å². The lowest BCUT2D eigenvalue weighted by Gasteiger charge is -2.06. The number of hydrogen-bond acceptors (Lipinski definition) is 5. The molecule has 0 atom stereocenters. The molecule has 2 aromatic carbocycles. The molecular weight excluding hydrogens is 304 g/mol. The highest BCUT2D eigenvalue weighted by Crippen LogP contribution is 2.22. The van der Waals surface area contributed by atoms with Gasteiger partial charge in [-0.15, -0.1) is 0 Å². The maximum absolute atomic E-state index is 11.3. The van der Waals surface area contributed by atoms with E-state index in [1.165, 1.54) is 0 Å². The van der Waals surface area contributed by atoms with Gasteiger partial charge >= 0.3 is 5.97 Å². The van der Waals surface area contributed by atoms with Crippen LogP contribution in [0.1, 0.15) is 6.92 Å². The number of halogens is 1. The van der Waals surface area contributed by atoms with Crippen LogP contribution in [0.5, 0.6) is 11.5 Å². The van der Waals surface area contributed by atoms with E-state index < -0.39 is 5.97 Å². The summed E-state index contributed by atoms with van der Waals surface area (Å²) in [6, 6.07) is 16.5. The molecule has 2 rings (SSSR count). The van der Waals surface area contributed by atoms with Crippen LogP contribution in [0.3, 0.4) is 0 Å². The number of nitrogens with one attached hydrogen (secondary N) is 1. The highest BCUT2D eigenvalue weighted by Gasteiger charge is 2.08. The van der Waals surface area contributed by atoms with Crippen LogP contribution < -0.4 is 10.2 Å². The molecule has 22 heavy (non-hydrogen) atoms. The van der Waals surface area contributed by atoms with Gasteiger partial charge in [-0.1, -0.05) is 29.8 Å². The second kappa shape index (κ2) is 8.05. The zero-order chi connectivity index (χ0) is 15.8. The van der Waals surface area contributed by atoms with Crippen molar-refractivity contribution in [2.24, 2.45) is 5.10 Å². The summed E-state index contributed by atoms with van der Waals surface area (Å²) in [6.07, 6.45) is 0. The van der Waals surface area contributed by atoms with Gasteiger partial charge in [-0.25, -0.2) is 4.79 Å². The summed E-state index contributed by atoms with van der Waals surface area (Å²) in [5.41, 5.74) is 3.34. The van der Waals surface area contributed by atoms with Gasteiger partial charge in [0, 0.05) is 0 Å². The molecule has 0 radical (unpaired) electrons. The molecule has 0 heterocycles. The van der Waals surface area contributed by atoms with Crippen molar-refractivity contribution >= 4 is 28.4 Å². The Balaban J connectivity index is 1.94. The number of nitrogens with zero attached hydrogens (tertiary/aromatic N) is 1. The average Bonchev–Trinajstić information content (AvgIpc) is 2.55. The Labute approximate surface area is 133 Å². The number of hydrazone groups is 1. The molecule has 0 saturated heterocycles. The number of hydrogen-bond donors (Lipinski definition) is 1. The predicted octanol–water partition coefficient (Wildman–Crippen LogP) is 4.01. The highest BCUT2D eigenvalue weighted by molar-refractivity contribution is 6.82. The fraction of sp³-hybridized carbons (Fsp3) is 0.125. The number of anilines is 1. The second-order valence-corrected chi connectivity index (χ2v) is 4.53. The first kappa shape index (κ1) is 15.9. The van der Waals surface area contributed by atoms with E-state index in [0.717, 1.165) is 5.75 Å². The number of carbonyl (C=O) groups excluding carboxylic acids is 1. The van der Waals surface area contributed by atoms with Gasteiger partial charge in [0.25, 0.3) is 0 Å². The molecule has 5 nitrogen and oxygen atoms in total. The number of rotatable bonds is 6. The zero-order valence-corrected chi connectivity index (χ0v) is 12.7. The normalized spacial score (nSPS) is 10.9. The molecule has 0 aromatic heterocycles. The maximum atomic E-state index is 11.3. The summed E-state index contributed by atoms with van der Waals surface area (Å²) < 4.78 is 10.4. The van der Waals surface area contributed by atoms with Gasteiger partial charge in [-0.05, 0) is 43.3 Å². The molecule has 1 N–H and O–H groups in total. The van der Waals surface area contributed by atoms with E-state index in [4.69, 9.17) is 21.1 Å². The van der Waals surface area contributed by atoms with Crippen LogP contribution in [0, 0.1) is 0 Å². The molecule has 0 amide bonds. The average molecular weight is 319 g/mol. The fourth-order valence-corrected chi connectivity index (χ4v) is 1.67. The van der Waals surface area contributed by atoms with Crippen molar-refractivity contribution in [3.63, 3.8) is 0 Å². The van der Waals surface area contributed by atoms with E-state index in [-0.39, 0.29) is 11.8 Å². The minimum Gasteiger partial charge on any atom is -0.461 e. The largest absolute Gasteiger partial charge is 0.461 e. The Morgan fingerprint density at radius 2 is 1.73 bits per heavy atom. The second-order valence-electron chi connectivity index (χ2n) is 4.17. The van der Waals surface area contributed by atoms with Crippen LogP contribution in [0.15, 0.2) is 59.7 Å². The molecule has 0 unspecified atom stereocenters. The number of benzene rings is 2. The summed E-state index contributed by atoms with van der Waals surface area (Å²) in [5, 5.41) is 3.49. The van der Waals surface area contributed by atoms with Crippen molar-refractivity contribution in [2.75, 3.05) is 12.0 Å². The predicted molar refractivity (Wildman–Crippen MR) is 86.5 cm³/mol. The molecule has 0 aliphatic rings. The lowest BCUT2D eigenvalue weighted by Crippen LogP contribution is -2.13. The smallest absolute Gasteiger partial charge is 0.370 e. The molecule has 0 spiro atoms. The van der Waals surface area contributed by atoms with Crippen LogP contribution in [0.4, 0.5) is 5.69 Å². The number of carbonyl (C=O) groups is 1. The first-order valence-electron chi connectivity index (χ1n) is 6.68.